The molecule has 2 fully saturated rings. The quantitative estimate of drug-likeness (QED) is 0.0291. The first-order valence-corrected chi connectivity index (χ1v) is 20.1. The Morgan fingerprint density at radius 3 is 1.87 bits per heavy atom. The number of phosphoric ester groups is 1. The summed E-state index contributed by atoms with van der Waals surface area (Å²) in [5, 5.41) is 57.0. The third kappa shape index (κ3) is 17.5. The Balaban J connectivity index is 2.39. The van der Waals surface area contributed by atoms with Crippen molar-refractivity contribution in [2.45, 2.75) is 113 Å². The number of phosphoric acid groups is 1. The van der Waals surface area contributed by atoms with Gasteiger partial charge in [0, 0.05) is 6.92 Å². The van der Waals surface area contributed by atoms with Crippen molar-refractivity contribution in [3.05, 3.63) is 0 Å². The van der Waals surface area contributed by atoms with Crippen LogP contribution < -0.4 is 10.6 Å². The summed E-state index contributed by atoms with van der Waals surface area (Å²) in [6.07, 6.45) is -20.8. The molecule has 30 heteroatoms. The van der Waals surface area contributed by atoms with Crippen LogP contribution in [0.15, 0.2) is 0 Å². The summed E-state index contributed by atoms with van der Waals surface area (Å²) >= 11 is 0. The smallest absolute Gasteiger partial charge is 0.462 e. The molecule has 2 aliphatic rings. The number of ether oxygens (including phenoxy) is 5. The van der Waals surface area contributed by atoms with Gasteiger partial charge in [-0.15, -0.1) is 0 Å². The number of nitrogens with one attached hydrogen (secondary N) is 2. The van der Waals surface area contributed by atoms with Gasteiger partial charge in [-0.25, -0.2) is 12.9 Å². The van der Waals surface area contributed by atoms with E-state index in [9.17, 15) is 71.1 Å². The van der Waals surface area contributed by atoms with Crippen LogP contribution in [0.4, 0.5) is 0 Å². The van der Waals surface area contributed by atoms with Crippen molar-refractivity contribution >= 4 is 46.4 Å². The van der Waals surface area contributed by atoms with Crippen molar-refractivity contribution in [2.75, 3.05) is 26.4 Å². The second kappa shape index (κ2) is 21.1. The molecule has 0 aromatic carbocycles. The first-order chi connectivity index (χ1) is 25.2. The van der Waals surface area contributed by atoms with Crippen molar-refractivity contribution in [3.63, 3.8) is 0 Å². The highest BCUT2D eigenvalue weighted by Crippen LogP contribution is 2.41. The predicted octanol–water partition coefficient (Wildman–Crippen LogP) is -5.89. The summed E-state index contributed by atoms with van der Waals surface area (Å²) < 4.78 is 114. The molecule has 0 saturated carbocycles. The van der Waals surface area contributed by atoms with Crippen LogP contribution in [-0.4, -0.2) is 185 Å². The third-order valence-corrected chi connectivity index (χ3v) is 8.79. The molecule has 0 aliphatic carbocycles. The highest BCUT2D eigenvalue weighted by Gasteiger charge is 2.51. The number of carbonyl (C=O) groups is 3. The molecule has 0 spiro atoms. The number of amides is 2. The second-order valence-electron chi connectivity index (χ2n) is 12.2. The largest absolute Gasteiger partial charge is 0.470 e. The Morgan fingerprint density at radius 1 is 0.818 bits per heavy atom. The average molecular weight is 869 g/mol. The molecule has 2 aliphatic heterocycles. The molecule has 2 heterocycles. The van der Waals surface area contributed by atoms with E-state index in [1.807, 2.05) is 0 Å². The molecule has 0 bridgehead atoms. The van der Waals surface area contributed by atoms with E-state index in [0.717, 1.165) is 6.92 Å². The zero-order valence-corrected chi connectivity index (χ0v) is 31.6. The van der Waals surface area contributed by atoms with Crippen LogP contribution in [0.2, 0.25) is 0 Å². The van der Waals surface area contributed by atoms with Crippen molar-refractivity contribution in [1.82, 2.24) is 10.6 Å². The Hall–Kier alpha value is -2.10. The SMILES string of the molecule is CC(=O)O[C@H](C)CC(=O)NC1C(OCC2OC(OCC(COS(=O)(=O)O)OS(=O)(=O)O)C(NC(=O)C[C@@H](C)O)C(O)C2O)OC(CO)C(OP(=O)(O)O)C1O. The number of hydrogen-bond acceptors (Lipinski definition) is 21. The molecule has 2 amide bonds. The zero-order valence-electron chi connectivity index (χ0n) is 29.1. The van der Waals surface area contributed by atoms with Gasteiger partial charge in [0.2, 0.25) is 11.8 Å². The van der Waals surface area contributed by atoms with Crippen LogP contribution in [0.5, 0.6) is 0 Å². The van der Waals surface area contributed by atoms with Crippen molar-refractivity contribution in [2.24, 2.45) is 0 Å². The van der Waals surface area contributed by atoms with Crippen LogP contribution in [0.3, 0.4) is 0 Å². The fourth-order valence-electron chi connectivity index (χ4n) is 5.19. The Kier molecular flexibility index (Phi) is 18.8. The minimum absolute atomic E-state index is 0.516. The fraction of sp³-hybridized carbons (Fsp3) is 0.880. The first kappa shape index (κ1) is 49.0. The Labute approximate surface area is 313 Å². The average Bonchev–Trinajstić information content (AvgIpc) is 3.01. The molecule has 55 heavy (non-hydrogen) atoms. The minimum atomic E-state index is -5.37. The lowest BCUT2D eigenvalue weighted by atomic mass is 9.95. The maximum absolute atomic E-state index is 12.8. The van der Waals surface area contributed by atoms with E-state index in [4.69, 9.17) is 32.8 Å². The number of esters is 1. The van der Waals surface area contributed by atoms with E-state index >= 15 is 0 Å². The first-order valence-electron chi connectivity index (χ1n) is 15.8. The van der Waals surface area contributed by atoms with Gasteiger partial charge in [-0.2, -0.15) is 16.8 Å². The minimum Gasteiger partial charge on any atom is -0.462 e. The summed E-state index contributed by atoms with van der Waals surface area (Å²) in [4.78, 5) is 55.3. The maximum Gasteiger partial charge on any atom is 0.470 e. The van der Waals surface area contributed by atoms with E-state index in [1.54, 1.807) is 0 Å². The lowest BCUT2D eigenvalue weighted by Crippen LogP contribution is -2.67. The van der Waals surface area contributed by atoms with Gasteiger partial charge in [0.25, 0.3) is 0 Å². The molecule has 2 rings (SSSR count). The molecule has 11 N–H and O–H groups in total. The van der Waals surface area contributed by atoms with Crippen LogP contribution in [-0.2, 0) is 76.3 Å². The van der Waals surface area contributed by atoms with Gasteiger partial charge < -0.3 is 69.6 Å². The van der Waals surface area contributed by atoms with Crippen LogP contribution in [0, 0.1) is 0 Å². The molecular formula is C25H45N2O25PS2. The standard InChI is InChI=1S/C25H45N2O25PS2/c1-10(29)4-16(31)26-18-21(34)20(33)15(50-24(18)45-7-13(52-55(42,43)44)8-47-54(39,40)41)9-46-25-19(27-17(32)5-11(2)48-12(3)30)22(35)23(14(6-28)49-25)51-53(36,37)38/h10-11,13-15,18-25,28-29,33-35H,4-9H2,1-3H3,(H,26,31)(H,27,32)(H2,36,37,38)(H,39,40,41)(H,42,43,44)/t10-,11-,13?,14?,15?,18?,19?,20?,21?,22?,23?,24?,25?/m1/s1. The number of rotatable bonds is 21. The number of carbonyl (C=O) groups excluding carboxylic acids is 3. The summed E-state index contributed by atoms with van der Waals surface area (Å²) in [5.74, 6) is -2.61. The van der Waals surface area contributed by atoms with E-state index in [0.29, 0.717) is 0 Å². The summed E-state index contributed by atoms with van der Waals surface area (Å²) in [7, 11) is -15.9. The maximum atomic E-state index is 12.8. The van der Waals surface area contributed by atoms with E-state index in [1.165, 1.54) is 13.8 Å². The van der Waals surface area contributed by atoms with Gasteiger partial charge >= 0.3 is 34.6 Å². The van der Waals surface area contributed by atoms with Gasteiger partial charge in [-0.05, 0) is 13.8 Å². The number of aliphatic hydroxyl groups is 5. The predicted molar refractivity (Wildman–Crippen MR) is 171 cm³/mol. The normalized spacial score (nSPS) is 30.8. The molecule has 0 aromatic heterocycles. The van der Waals surface area contributed by atoms with Crippen LogP contribution >= 0.6 is 7.82 Å². The summed E-state index contributed by atoms with van der Waals surface area (Å²) in [6.45, 7) is -0.706. The van der Waals surface area contributed by atoms with E-state index in [-0.39, 0.29) is 0 Å². The third-order valence-electron chi connectivity index (χ3n) is 7.32. The van der Waals surface area contributed by atoms with Crippen LogP contribution in [0.25, 0.3) is 0 Å². The zero-order chi connectivity index (χ0) is 42.1. The van der Waals surface area contributed by atoms with Crippen molar-refractivity contribution < 1.29 is 117 Å². The monoisotopic (exact) mass is 868 g/mol. The summed E-state index contributed by atoms with van der Waals surface area (Å²) in [6, 6.07) is -3.54. The number of hydrogen-bond donors (Lipinski definition) is 11. The van der Waals surface area contributed by atoms with E-state index < -0.39 is 165 Å². The Bertz CT molecular complexity index is 1550. The van der Waals surface area contributed by atoms with Crippen molar-refractivity contribution in [3.8, 4) is 0 Å². The highest BCUT2D eigenvalue weighted by atomic mass is 32.3. The topological polar surface area (TPSA) is 417 Å². The van der Waals surface area contributed by atoms with Gasteiger partial charge in [0.05, 0.1) is 45.4 Å². The molecule has 0 aromatic rings. The van der Waals surface area contributed by atoms with Gasteiger partial charge in [-0.1, -0.05) is 0 Å². The highest BCUT2D eigenvalue weighted by molar-refractivity contribution is 7.81. The molecule has 11 unspecified atom stereocenters. The van der Waals surface area contributed by atoms with Crippen LogP contribution in [0.1, 0.15) is 33.6 Å². The molecule has 27 nitrogen and oxygen atoms in total. The fourth-order valence-corrected chi connectivity index (χ4v) is 6.55. The summed E-state index contributed by atoms with van der Waals surface area (Å²) in [5.41, 5.74) is 0. The Morgan fingerprint density at radius 2 is 1.36 bits per heavy atom. The lowest BCUT2D eigenvalue weighted by Gasteiger charge is -2.45. The molecule has 13 atom stereocenters. The molecule has 0 radical (unpaired) electrons. The number of aliphatic hydroxyl groups excluding tert-OH is 5. The second-order valence-corrected chi connectivity index (χ2v) is 15.5. The van der Waals surface area contributed by atoms with E-state index in [2.05, 4.69) is 23.5 Å². The molecule has 322 valence electrons. The molecule has 2 saturated heterocycles. The van der Waals surface area contributed by atoms with Crippen molar-refractivity contribution in [1.29, 1.82) is 0 Å². The molecular weight excluding hydrogens is 823 g/mol. The lowest BCUT2D eigenvalue weighted by molar-refractivity contribution is -0.304. The van der Waals surface area contributed by atoms with Gasteiger partial charge in [0.15, 0.2) is 12.6 Å². The van der Waals surface area contributed by atoms with Gasteiger partial charge in [-0.3, -0.25) is 28.0 Å². The van der Waals surface area contributed by atoms with Gasteiger partial charge in [0.1, 0.15) is 60.9 Å².